The van der Waals surface area contributed by atoms with Crippen LogP contribution in [0.1, 0.15) is 11.3 Å². The number of alkyl halides is 3. The Morgan fingerprint density at radius 2 is 1.71 bits per heavy atom. The number of aromatic nitrogens is 2. The SMILES string of the molecule is Cn1c(C(F)(F)F)cc(=O)n(Cc2cc(Cl)c(Cl)c(Cl)c2Br)c1=O. The predicted molar refractivity (Wildman–Crippen MR) is 89.2 cm³/mol. The van der Waals surface area contributed by atoms with Crippen molar-refractivity contribution in [3.8, 4) is 0 Å². The van der Waals surface area contributed by atoms with E-state index < -0.39 is 23.1 Å². The van der Waals surface area contributed by atoms with Crippen LogP contribution in [0.5, 0.6) is 0 Å². The number of hydrogen-bond acceptors (Lipinski definition) is 2. The summed E-state index contributed by atoms with van der Waals surface area (Å²) >= 11 is 20.9. The van der Waals surface area contributed by atoms with Crippen molar-refractivity contribution in [2.75, 3.05) is 0 Å². The summed E-state index contributed by atoms with van der Waals surface area (Å²) in [6.07, 6.45) is -4.82. The molecule has 0 fully saturated rings. The van der Waals surface area contributed by atoms with Gasteiger partial charge in [-0.3, -0.25) is 13.9 Å². The van der Waals surface area contributed by atoms with E-state index in [1.54, 1.807) is 0 Å². The number of rotatable bonds is 2. The quantitative estimate of drug-likeness (QED) is 0.488. The highest BCUT2D eigenvalue weighted by atomic mass is 79.9. The normalized spacial score (nSPS) is 11.8. The van der Waals surface area contributed by atoms with Gasteiger partial charge in [0.05, 0.1) is 21.6 Å². The summed E-state index contributed by atoms with van der Waals surface area (Å²) in [7, 11) is 0.929. The molecule has 0 atom stereocenters. The van der Waals surface area contributed by atoms with E-state index in [0.29, 0.717) is 20.8 Å². The highest BCUT2D eigenvalue weighted by Gasteiger charge is 2.35. The second kappa shape index (κ2) is 6.74. The minimum absolute atomic E-state index is 0.0657. The van der Waals surface area contributed by atoms with Crippen molar-refractivity contribution in [1.82, 2.24) is 9.13 Å². The maximum Gasteiger partial charge on any atom is 0.431 e. The van der Waals surface area contributed by atoms with Gasteiger partial charge in [0.15, 0.2) is 0 Å². The fourth-order valence-corrected chi connectivity index (χ4v) is 3.19. The minimum Gasteiger partial charge on any atom is -0.292 e. The molecule has 0 saturated carbocycles. The highest BCUT2D eigenvalue weighted by molar-refractivity contribution is 9.10. The van der Waals surface area contributed by atoms with Crippen molar-refractivity contribution < 1.29 is 13.2 Å². The molecule has 2 aromatic rings. The standard InChI is InChI=1S/C13H7BrCl3F3N2O2/c1-21-7(13(18,19)20)3-8(23)22(12(21)24)4-5-2-6(15)10(16)11(17)9(5)14/h2-3H,4H2,1H3. The predicted octanol–water partition coefficient (Wildman–Crippen LogP) is 4.34. The molecular weight excluding hydrogens is 459 g/mol. The van der Waals surface area contributed by atoms with Gasteiger partial charge in [-0.2, -0.15) is 13.2 Å². The molecule has 130 valence electrons. The Morgan fingerprint density at radius 1 is 1.12 bits per heavy atom. The van der Waals surface area contributed by atoms with E-state index in [2.05, 4.69) is 15.9 Å². The van der Waals surface area contributed by atoms with Gasteiger partial charge in [-0.05, 0) is 27.6 Å². The highest BCUT2D eigenvalue weighted by Crippen LogP contribution is 2.38. The van der Waals surface area contributed by atoms with Crippen molar-refractivity contribution in [2.45, 2.75) is 12.7 Å². The Balaban J connectivity index is 2.64. The molecule has 1 heterocycles. The molecule has 0 aliphatic carbocycles. The second-order valence-corrected chi connectivity index (χ2v) is 6.71. The molecule has 24 heavy (non-hydrogen) atoms. The van der Waals surface area contributed by atoms with Gasteiger partial charge in [-0.25, -0.2) is 4.79 Å². The lowest BCUT2D eigenvalue weighted by Crippen LogP contribution is -2.41. The Labute approximate surface area is 156 Å². The van der Waals surface area contributed by atoms with E-state index in [1.807, 2.05) is 0 Å². The first-order valence-electron chi connectivity index (χ1n) is 6.15. The number of halogens is 7. The van der Waals surface area contributed by atoms with Crippen LogP contribution in [0, 0.1) is 0 Å². The van der Waals surface area contributed by atoms with Gasteiger partial charge in [0, 0.05) is 17.6 Å². The number of benzene rings is 1. The zero-order chi connectivity index (χ0) is 18.4. The van der Waals surface area contributed by atoms with Crippen LogP contribution in [-0.4, -0.2) is 9.13 Å². The molecule has 0 spiro atoms. The first-order chi connectivity index (χ1) is 10.9. The van der Waals surface area contributed by atoms with Gasteiger partial charge in [0.25, 0.3) is 5.56 Å². The van der Waals surface area contributed by atoms with Crippen LogP contribution in [0.25, 0.3) is 0 Å². The van der Waals surface area contributed by atoms with Crippen LogP contribution in [-0.2, 0) is 19.8 Å². The second-order valence-electron chi connectivity index (χ2n) is 4.75. The molecule has 0 aliphatic rings. The smallest absolute Gasteiger partial charge is 0.292 e. The maximum atomic E-state index is 12.8. The van der Waals surface area contributed by atoms with E-state index >= 15 is 0 Å². The molecule has 11 heteroatoms. The zero-order valence-corrected chi connectivity index (χ0v) is 15.6. The van der Waals surface area contributed by atoms with E-state index in [0.717, 1.165) is 7.05 Å². The molecule has 1 aromatic heterocycles. The van der Waals surface area contributed by atoms with Gasteiger partial charge in [0.2, 0.25) is 0 Å². The van der Waals surface area contributed by atoms with E-state index in [1.165, 1.54) is 6.07 Å². The third kappa shape index (κ3) is 3.51. The molecule has 1 aromatic carbocycles. The van der Waals surface area contributed by atoms with Crippen molar-refractivity contribution in [2.24, 2.45) is 7.05 Å². The Kier molecular flexibility index (Phi) is 5.44. The Morgan fingerprint density at radius 3 is 2.25 bits per heavy atom. The van der Waals surface area contributed by atoms with Crippen LogP contribution in [0.3, 0.4) is 0 Å². The van der Waals surface area contributed by atoms with Gasteiger partial charge in [-0.15, -0.1) is 0 Å². The van der Waals surface area contributed by atoms with Crippen LogP contribution < -0.4 is 11.2 Å². The van der Waals surface area contributed by atoms with Crippen molar-refractivity contribution in [3.05, 3.63) is 63.8 Å². The maximum absolute atomic E-state index is 12.8. The van der Waals surface area contributed by atoms with Gasteiger partial charge in [-0.1, -0.05) is 34.8 Å². The van der Waals surface area contributed by atoms with E-state index in [4.69, 9.17) is 34.8 Å². The molecule has 0 radical (unpaired) electrons. The fourth-order valence-electron chi connectivity index (χ4n) is 1.99. The van der Waals surface area contributed by atoms with E-state index in [9.17, 15) is 22.8 Å². The molecule has 0 saturated heterocycles. The van der Waals surface area contributed by atoms with Crippen molar-refractivity contribution in [3.63, 3.8) is 0 Å². The summed E-state index contributed by atoms with van der Waals surface area (Å²) in [5, 5.41) is 0.217. The Hall–Kier alpha value is -0.960. The molecule has 4 nitrogen and oxygen atoms in total. The summed E-state index contributed by atoms with van der Waals surface area (Å²) in [6, 6.07) is 1.72. The van der Waals surface area contributed by atoms with Crippen LogP contribution in [0.2, 0.25) is 15.1 Å². The third-order valence-electron chi connectivity index (χ3n) is 3.20. The molecule has 0 unspecified atom stereocenters. The average molecular weight is 466 g/mol. The summed E-state index contributed by atoms with van der Waals surface area (Å²) < 4.78 is 39.7. The topological polar surface area (TPSA) is 44.0 Å². The van der Waals surface area contributed by atoms with E-state index in [-0.39, 0.29) is 26.1 Å². The van der Waals surface area contributed by atoms with Crippen LogP contribution in [0.4, 0.5) is 13.2 Å². The summed E-state index contributed by atoms with van der Waals surface area (Å²) in [5.74, 6) is 0. The van der Waals surface area contributed by atoms with Crippen molar-refractivity contribution in [1.29, 1.82) is 0 Å². The monoisotopic (exact) mass is 464 g/mol. The Bertz CT molecular complexity index is 938. The molecule has 2 rings (SSSR count). The summed E-state index contributed by atoms with van der Waals surface area (Å²) in [5.41, 5.74) is -3.24. The molecule has 0 bridgehead atoms. The molecule has 0 aliphatic heterocycles. The minimum atomic E-state index is -4.82. The zero-order valence-electron chi connectivity index (χ0n) is 11.7. The first-order valence-corrected chi connectivity index (χ1v) is 8.07. The van der Waals surface area contributed by atoms with Crippen LogP contribution in [0.15, 0.2) is 26.2 Å². The average Bonchev–Trinajstić information content (AvgIpc) is 2.48. The number of nitrogens with zero attached hydrogens (tertiary/aromatic N) is 2. The fraction of sp³-hybridized carbons (Fsp3) is 0.231. The lowest BCUT2D eigenvalue weighted by atomic mass is 10.2. The summed E-state index contributed by atoms with van der Waals surface area (Å²) in [4.78, 5) is 24.1. The van der Waals surface area contributed by atoms with Gasteiger partial charge >= 0.3 is 11.9 Å². The van der Waals surface area contributed by atoms with Gasteiger partial charge < -0.3 is 0 Å². The largest absolute Gasteiger partial charge is 0.431 e. The third-order valence-corrected chi connectivity index (χ3v) is 5.60. The van der Waals surface area contributed by atoms with Gasteiger partial charge in [0.1, 0.15) is 5.69 Å². The lowest BCUT2D eigenvalue weighted by Gasteiger charge is -2.15. The van der Waals surface area contributed by atoms with Crippen molar-refractivity contribution >= 4 is 50.7 Å². The molecular formula is C13H7BrCl3F3N2O2. The molecule has 0 amide bonds. The first kappa shape index (κ1) is 19.4. The number of hydrogen-bond donors (Lipinski definition) is 0. The lowest BCUT2D eigenvalue weighted by molar-refractivity contribution is -0.144. The molecule has 0 N–H and O–H groups in total. The van der Waals surface area contributed by atoms with Crippen LogP contribution >= 0.6 is 50.7 Å². The summed E-state index contributed by atoms with van der Waals surface area (Å²) in [6.45, 7) is -0.333.